The van der Waals surface area contributed by atoms with Crippen molar-refractivity contribution in [2.24, 2.45) is 10.8 Å². The van der Waals surface area contributed by atoms with Crippen LogP contribution in [0.4, 0.5) is 24.7 Å². The summed E-state index contributed by atoms with van der Waals surface area (Å²) in [5.41, 5.74) is 1.59. The predicted octanol–water partition coefficient (Wildman–Crippen LogP) is 6.58. The monoisotopic (exact) mass is 1020 g/mol. The molecular weight excluding hydrogens is 956 g/mol. The second kappa shape index (κ2) is 18.9. The highest BCUT2D eigenvalue weighted by Crippen LogP contribution is 2.53. The maximum atomic E-state index is 17.2. The van der Waals surface area contributed by atoms with Gasteiger partial charge in [-0.25, -0.2) is 13.2 Å². The Morgan fingerprint density at radius 3 is 2.39 bits per heavy atom. The molecule has 4 saturated heterocycles. The van der Waals surface area contributed by atoms with Crippen molar-refractivity contribution in [2.45, 2.75) is 95.4 Å². The topological polar surface area (TPSA) is 166 Å². The summed E-state index contributed by atoms with van der Waals surface area (Å²) < 4.78 is 64.8. The fraction of sp³-hybridized carbons (Fsp3) is 0.527. The molecule has 2 aliphatic carbocycles. The number of ether oxygens (including phenoxy) is 3. The minimum atomic E-state index is -1.14. The Bertz CT molecular complexity index is 3060. The highest BCUT2D eigenvalue weighted by Gasteiger charge is 2.51. The van der Waals surface area contributed by atoms with Crippen LogP contribution in [0.1, 0.15) is 87.1 Å². The summed E-state index contributed by atoms with van der Waals surface area (Å²) in [7, 11) is 1.46. The van der Waals surface area contributed by atoms with Gasteiger partial charge in [-0.1, -0.05) is 6.07 Å². The van der Waals surface area contributed by atoms with Crippen molar-refractivity contribution in [3.05, 3.63) is 77.2 Å². The number of likely N-dealkylation sites (tertiary alicyclic amines) is 1. The zero-order chi connectivity index (χ0) is 51.1. The number of benzene rings is 3. The number of halogens is 3. The highest BCUT2D eigenvalue weighted by molar-refractivity contribution is 6.05. The van der Waals surface area contributed by atoms with Crippen LogP contribution in [0.15, 0.2) is 48.7 Å². The van der Waals surface area contributed by atoms with Crippen molar-refractivity contribution >= 4 is 50.9 Å². The van der Waals surface area contributed by atoms with E-state index in [9.17, 15) is 23.9 Å². The van der Waals surface area contributed by atoms with Gasteiger partial charge >= 0.3 is 6.01 Å². The molecule has 12 rings (SSSR count). The number of aliphatic hydroxyl groups is 1. The van der Waals surface area contributed by atoms with Crippen molar-refractivity contribution in [2.75, 3.05) is 89.2 Å². The molecule has 1 spiro atoms. The number of imide groups is 1. The van der Waals surface area contributed by atoms with Crippen LogP contribution in [-0.2, 0) is 20.9 Å². The molecule has 3 amide bonds. The highest BCUT2D eigenvalue weighted by atomic mass is 19.2. The number of nitrogens with one attached hydrogen (secondary N) is 1. The number of piperazine rings is 1. The number of rotatable bonds is 13. The summed E-state index contributed by atoms with van der Waals surface area (Å²) in [6.07, 6.45) is 10.0. The van der Waals surface area contributed by atoms with Gasteiger partial charge in [0.25, 0.3) is 5.91 Å². The van der Waals surface area contributed by atoms with E-state index in [0.717, 1.165) is 88.8 Å². The van der Waals surface area contributed by atoms with E-state index in [4.69, 9.17) is 19.2 Å². The van der Waals surface area contributed by atoms with E-state index in [2.05, 4.69) is 36.1 Å². The Hall–Kier alpha value is -6.15. The van der Waals surface area contributed by atoms with E-state index in [1.807, 2.05) is 17.0 Å². The number of carbonyl (C=O) groups is 3. The van der Waals surface area contributed by atoms with E-state index in [1.165, 1.54) is 44.3 Å². The van der Waals surface area contributed by atoms with E-state index in [1.54, 1.807) is 11.8 Å². The van der Waals surface area contributed by atoms with Crippen molar-refractivity contribution in [3.8, 4) is 23.0 Å². The van der Waals surface area contributed by atoms with Gasteiger partial charge in [0.05, 0.1) is 17.6 Å². The molecule has 7 heterocycles. The Labute approximate surface area is 427 Å². The van der Waals surface area contributed by atoms with Crippen LogP contribution >= 0.6 is 0 Å². The summed E-state index contributed by atoms with van der Waals surface area (Å²) in [6.45, 7) is 9.90. The van der Waals surface area contributed by atoms with Crippen molar-refractivity contribution < 1.29 is 46.9 Å². The first kappa shape index (κ1) is 48.8. The summed E-state index contributed by atoms with van der Waals surface area (Å²) in [5, 5.41) is 13.9. The number of aromatic nitrogens is 3. The maximum absolute atomic E-state index is 17.2. The molecular formula is C55H62F3N9O7. The number of hydrogen-bond donors (Lipinski definition) is 2. The van der Waals surface area contributed by atoms with Crippen molar-refractivity contribution in [1.82, 2.24) is 35.0 Å². The second-order valence-corrected chi connectivity index (χ2v) is 22.4. The van der Waals surface area contributed by atoms with E-state index < -0.39 is 35.0 Å². The third kappa shape index (κ3) is 9.16. The summed E-state index contributed by atoms with van der Waals surface area (Å²) in [6, 6.07) is 11.3. The van der Waals surface area contributed by atoms with Crippen LogP contribution in [-0.4, -0.2) is 150 Å². The number of amides is 3. The predicted molar refractivity (Wildman–Crippen MR) is 269 cm³/mol. The van der Waals surface area contributed by atoms with Gasteiger partial charge in [-0.2, -0.15) is 9.97 Å². The van der Waals surface area contributed by atoms with Gasteiger partial charge in [-0.05, 0) is 131 Å². The molecule has 2 N–H and O–H groups in total. The maximum Gasteiger partial charge on any atom is 0.319 e. The van der Waals surface area contributed by atoms with E-state index >= 15 is 8.78 Å². The number of fused-ring (bicyclic) bond motifs is 3. The van der Waals surface area contributed by atoms with Gasteiger partial charge in [0.15, 0.2) is 24.2 Å². The third-order valence-corrected chi connectivity index (χ3v) is 17.2. The number of methoxy groups -OCH3 is 1. The SMILES string of the molecule is COCOc1cc(-c2ncc3c(N4CCC[C@@](C)(O)C4)nc(OCC4(CN5CCC6(CC5)CC(N5CCN(c7ccc8c(c7)CN([C@H]7CCC(=O)NC7=O)C8=O)CC5)C6)CC4)nc3c2F)c2c(F)c(F)ccc2c1. The fourth-order valence-electron chi connectivity index (χ4n) is 12.8. The molecule has 2 aromatic heterocycles. The fourth-order valence-corrected chi connectivity index (χ4v) is 12.8. The van der Waals surface area contributed by atoms with Crippen LogP contribution in [0.5, 0.6) is 11.8 Å². The largest absolute Gasteiger partial charge is 0.468 e. The molecule has 5 aromatic rings. The van der Waals surface area contributed by atoms with Gasteiger partial charge in [0, 0.05) is 106 Å². The molecule has 6 fully saturated rings. The first-order chi connectivity index (χ1) is 35.7. The molecule has 5 aliphatic heterocycles. The molecule has 3 aromatic carbocycles. The van der Waals surface area contributed by atoms with Crippen molar-refractivity contribution in [1.29, 1.82) is 0 Å². The third-order valence-electron chi connectivity index (χ3n) is 17.2. The molecule has 2 atom stereocenters. The lowest BCUT2D eigenvalue weighted by molar-refractivity contribution is -0.136. The molecule has 390 valence electrons. The summed E-state index contributed by atoms with van der Waals surface area (Å²) in [5.74, 6) is -3.27. The summed E-state index contributed by atoms with van der Waals surface area (Å²) >= 11 is 0. The minimum Gasteiger partial charge on any atom is -0.468 e. The van der Waals surface area contributed by atoms with E-state index in [0.29, 0.717) is 67.2 Å². The van der Waals surface area contributed by atoms with Crippen LogP contribution < -0.4 is 24.6 Å². The number of nitrogens with zero attached hydrogens (tertiary/aromatic N) is 8. The lowest BCUT2D eigenvalue weighted by atomic mass is 9.60. The van der Waals surface area contributed by atoms with Gasteiger partial charge < -0.3 is 38.9 Å². The smallest absolute Gasteiger partial charge is 0.319 e. The summed E-state index contributed by atoms with van der Waals surface area (Å²) in [4.78, 5) is 62.6. The van der Waals surface area contributed by atoms with Gasteiger partial charge in [0.1, 0.15) is 28.8 Å². The number of β-amino-alcohol motifs (C(OH)–C–C–N with tert-alkyl or cyclic N) is 1. The molecule has 0 unspecified atom stereocenters. The van der Waals surface area contributed by atoms with Crippen LogP contribution in [0.3, 0.4) is 0 Å². The van der Waals surface area contributed by atoms with E-state index in [-0.39, 0.29) is 76.3 Å². The zero-order valence-corrected chi connectivity index (χ0v) is 41.9. The standard InChI is InChI=1S/C55H62F3N9O7/c1-53(71)10-3-15-66(29-53)49-40-27-59-47(39-24-37(74-32-72-2)23-33-4-7-41(56)45(57)44(33)39)46(58)48(40)61-52(62-49)73-31-55(11-12-55)30-63-16-13-54(14-17-63)25-36(26-54)65-20-18-64(19-21-65)35-5-6-38-34(22-35)28-67(51(38)70)42-8-9-43(68)60-50(42)69/h4-7,22-24,27,36,42,71H,3,8-21,25-26,28-32H2,1-2H3,(H,60,68,69)/t42-,53+/m0/s1. The normalized spacial score (nSPS) is 24.2. The Balaban J connectivity index is 0.682. The van der Waals surface area contributed by atoms with Gasteiger partial charge in [0.2, 0.25) is 11.8 Å². The molecule has 74 heavy (non-hydrogen) atoms. The number of piperidine rings is 3. The first-order valence-electron chi connectivity index (χ1n) is 26.2. The Kier molecular flexibility index (Phi) is 12.5. The Morgan fingerprint density at radius 1 is 0.851 bits per heavy atom. The Morgan fingerprint density at radius 2 is 1.65 bits per heavy atom. The van der Waals surface area contributed by atoms with Crippen LogP contribution in [0.2, 0.25) is 0 Å². The van der Waals surface area contributed by atoms with Crippen LogP contribution in [0, 0.1) is 28.3 Å². The lowest BCUT2D eigenvalue weighted by Gasteiger charge is -2.56. The number of carbonyl (C=O) groups excluding carboxylic acids is 3. The quantitative estimate of drug-likeness (QED) is 0.0960. The van der Waals surface area contributed by atoms with Crippen molar-refractivity contribution in [3.63, 3.8) is 0 Å². The lowest BCUT2D eigenvalue weighted by Crippen LogP contribution is -2.59. The minimum absolute atomic E-state index is 0.000352. The van der Waals surface area contributed by atoms with Gasteiger partial charge in [-0.3, -0.25) is 29.6 Å². The van der Waals surface area contributed by atoms with Crippen LogP contribution in [0.25, 0.3) is 32.9 Å². The average Bonchev–Trinajstić information content (AvgIpc) is 4.08. The average molecular weight is 1020 g/mol. The second-order valence-electron chi connectivity index (χ2n) is 22.4. The number of pyridine rings is 1. The number of anilines is 2. The zero-order valence-electron chi connectivity index (χ0n) is 41.9. The number of hydrogen-bond acceptors (Lipinski definition) is 14. The first-order valence-corrected chi connectivity index (χ1v) is 26.2. The van der Waals surface area contributed by atoms with Gasteiger partial charge in [-0.15, -0.1) is 0 Å². The molecule has 7 aliphatic rings. The molecule has 0 radical (unpaired) electrons. The molecule has 2 saturated carbocycles. The molecule has 19 heteroatoms. The molecule has 0 bridgehead atoms. The molecule has 16 nitrogen and oxygen atoms in total.